The van der Waals surface area contributed by atoms with E-state index in [-0.39, 0.29) is 0 Å². The number of carbonyl (C=O) groups is 1. The Hall–Kier alpha value is -0.830. The molecule has 0 atom stereocenters. The second-order valence-corrected chi connectivity index (χ2v) is 3.61. The highest BCUT2D eigenvalue weighted by molar-refractivity contribution is 5.85. The van der Waals surface area contributed by atoms with Crippen molar-refractivity contribution in [3.05, 3.63) is 12.2 Å². The zero-order valence-electron chi connectivity index (χ0n) is 8.47. The number of rotatable bonds is 7. The topological polar surface area (TPSA) is 49.3 Å². The van der Waals surface area contributed by atoms with Crippen LogP contribution in [0.4, 0.5) is 0 Å². The number of nitrogens with one attached hydrogen (secondary N) is 1. The van der Waals surface area contributed by atoms with Crippen LogP contribution in [0, 0.1) is 5.92 Å². The predicted molar refractivity (Wildman–Crippen MR) is 53.7 cm³/mol. The lowest BCUT2D eigenvalue weighted by atomic mass is 10.1. The molecule has 0 spiro atoms. The fourth-order valence-corrected chi connectivity index (χ4v) is 0.924. The molecule has 76 valence electrons. The van der Waals surface area contributed by atoms with Crippen LogP contribution in [-0.2, 0) is 4.79 Å². The zero-order chi connectivity index (χ0) is 10.3. The van der Waals surface area contributed by atoms with Crippen LogP contribution in [0.15, 0.2) is 12.2 Å². The van der Waals surface area contributed by atoms with Crippen molar-refractivity contribution in [2.75, 3.05) is 13.1 Å². The van der Waals surface area contributed by atoms with Gasteiger partial charge >= 0.3 is 5.97 Å². The summed E-state index contributed by atoms with van der Waals surface area (Å²) in [4.78, 5) is 10.4. The van der Waals surface area contributed by atoms with Gasteiger partial charge in [0.1, 0.15) is 0 Å². The zero-order valence-corrected chi connectivity index (χ0v) is 8.47. The molecule has 2 N–H and O–H groups in total. The van der Waals surface area contributed by atoms with Gasteiger partial charge in [0.2, 0.25) is 0 Å². The summed E-state index contributed by atoms with van der Waals surface area (Å²) in [7, 11) is 0. The molecule has 0 aromatic carbocycles. The molecule has 0 bridgehead atoms. The largest absolute Gasteiger partial charge is 0.478 e. The van der Waals surface area contributed by atoms with E-state index in [1.54, 1.807) is 0 Å². The van der Waals surface area contributed by atoms with Crippen molar-refractivity contribution in [3.8, 4) is 0 Å². The van der Waals surface area contributed by atoms with Gasteiger partial charge in [-0.05, 0) is 31.8 Å². The van der Waals surface area contributed by atoms with E-state index in [1.165, 1.54) is 0 Å². The van der Waals surface area contributed by atoms with Crippen LogP contribution in [0.2, 0.25) is 0 Å². The third kappa shape index (κ3) is 7.53. The predicted octanol–water partition coefficient (Wildman–Crippen LogP) is 1.65. The van der Waals surface area contributed by atoms with Crippen LogP contribution in [0.5, 0.6) is 0 Å². The van der Waals surface area contributed by atoms with E-state index in [9.17, 15) is 4.79 Å². The van der Waals surface area contributed by atoms with E-state index in [0.29, 0.717) is 17.9 Å². The first-order chi connectivity index (χ1) is 6.04. The number of carboxylic acids is 1. The van der Waals surface area contributed by atoms with Gasteiger partial charge in [-0.3, -0.25) is 0 Å². The second-order valence-electron chi connectivity index (χ2n) is 3.61. The van der Waals surface area contributed by atoms with Gasteiger partial charge < -0.3 is 10.4 Å². The van der Waals surface area contributed by atoms with Crippen LogP contribution in [-0.4, -0.2) is 24.2 Å². The Morgan fingerprint density at radius 2 is 2.15 bits per heavy atom. The minimum absolute atomic E-state index is 0.298. The first-order valence-corrected chi connectivity index (χ1v) is 4.65. The number of carboxylic acid groups (broad SMARTS) is 1. The van der Waals surface area contributed by atoms with Crippen molar-refractivity contribution in [2.24, 2.45) is 5.92 Å². The highest BCUT2D eigenvalue weighted by atomic mass is 16.4. The standard InChI is InChI=1S/C10H19NO2/c1-8(2)7-11-6-4-5-9(3)10(12)13/h8,11H,3-7H2,1-2H3,(H,12,13). The molecule has 0 heterocycles. The molecular formula is C10H19NO2. The highest BCUT2D eigenvalue weighted by Gasteiger charge is 2.02. The van der Waals surface area contributed by atoms with Gasteiger partial charge in [0, 0.05) is 5.57 Å². The van der Waals surface area contributed by atoms with Gasteiger partial charge in [-0.1, -0.05) is 20.4 Å². The van der Waals surface area contributed by atoms with Crippen molar-refractivity contribution in [1.82, 2.24) is 5.32 Å². The van der Waals surface area contributed by atoms with E-state index in [4.69, 9.17) is 5.11 Å². The maximum Gasteiger partial charge on any atom is 0.330 e. The van der Waals surface area contributed by atoms with Crippen LogP contribution < -0.4 is 5.32 Å². The van der Waals surface area contributed by atoms with Crippen LogP contribution in [0.25, 0.3) is 0 Å². The normalized spacial score (nSPS) is 10.4. The third-order valence-corrected chi connectivity index (χ3v) is 1.69. The molecule has 0 aliphatic rings. The molecule has 0 saturated heterocycles. The maximum absolute atomic E-state index is 10.4. The molecule has 0 aliphatic heterocycles. The molecule has 3 heteroatoms. The van der Waals surface area contributed by atoms with Crippen molar-refractivity contribution in [2.45, 2.75) is 26.7 Å². The lowest BCUT2D eigenvalue weighted by Crippen LogP contribution is -2.20. The molecule has 0 fully saturated rings. The molecule has 0 unspecified atom stereocenters. The first-order valence-electron chi connectivity index (χ1n) is 4.65. The minimum Gasteiger partial charge on any atom is -0.478 e. The fraction of sp³-hybridized carbons (Fsp3) is 0.700. The molecule has 0 rings (SSSR count). The van der Waals surface area contributed by atoms with E-state index >= 15 is 0 Å². The Balaban J connectivity index is 3.26. The van der Waals surface area contributed by atoms with E-state index in [0.717, 1.165) is 19.5 Å². The number of hydrogen-bond donors (Lipinski definition) is 2. The van der Waals surface area contributed by atoms with Gasteiger partial charge in [0.25, 0.3) is 0 Å². The van der Waals surface area contributed by atoms with Gasteiger partial charge in [-0.2, -0.15) is 0 Å². The average molecular weight is 185 g/mol. The highest BCUT2D eigenvalue weighted by Crippen LogP contribution is 2.00. The fourth-order valence-electron chi connectivity index (χ4n) is 0.924. The average Bonchev–Trinajstić information content (AvgIpc) is 2.02. The summed E-state index contributed by atoms with van der Waals surface area (Å²) in [6.07, 6.45) is 1.41. The smallest absolute Gasteiger partial charge is 0.330 e. The van der Waals surface area contributed by atoms with Gasteiger partial charge in [0.15, 0.2) is 0 Å². The quantitative estimate of drug-likeness (QED) is 0.468. The lowest BCUT2D eigenvalue weighted by molar-refractivity contribution is -0.132. The molecule has 0 amide bonds. The molecule has 0 aliphatic carbocycles. The summed E-state index contributed by atoms with van der Waals surface area (Å²) in [5.41, 5.74) is 0.298. The Labute approximate surface area is 79.8 Å². The van der Waals surface area contributed by atoms with E-state index in [1.807, 2.05) is 0 Å². The van der Waals surface area contributed by atoms with E-state index in [2.05, 4.69) is 25.7 Å². The summed E-state index contributed by atoms with van der Waals surface area (Å²) < 4.78 is 0. The van der Waals surface area contributed by atoms with Crippen molar-refractivity contribution < 1.29 is 9.90 Å². The summed E-state index contributed by atoms with van der Waals surface area (Å²) in [6.45, 7) is 9.59. The van der Waals surface area contributed by atoms with Crippen LogP contribution in [0.1, 0.15) is 26.7 Å². The molecule has 3 nitrogen and oxygen atoms in total. The third-order valence-electron chi connectivity index (χ3n) is 1.69. The molecule has 0 aromatic heterocycles. The second kappa shape index (κ2) is 6.66. The lowest BCUT2D eigenvalue weighted by Gasteiger charge is -2.06. The van der Waals surface area contributed by atoms with Crippen molar-refractivity contribution in [3.63, 3.8) is 0 Å². The van der Waals surface area contributed by atoms with Crippen molar-refractivity contribution in [1.29, 1.82) is 0 Å². The molecule has 0 aromatic rings. The molecular weight excluding hydrogens is 166 g/mol. The van der Waals surface area contributed by atoms with Crippen molar-refractivity contribution >= 4 is 5.97 Å². The Bertz CT molecular complexity index is 176. The number of aliphatic carboxylic acids is 1. The van der Waals surface area contributed by atoms with Crippen LogP contribution in [0.3, 0.4) is 0 Å². The molecule has 13 heavy (non-hydrogen) atoms. The summed E-state index contributed by atoms with van der Waals surface area (Å²) in [5.74, 6) is -0.244. The van der Waals surface area contributed by atoms with Gasteiger partial charge in [0.05, 0.1) is 0 Å². The Kier molecular flexibility index (Phi) is 6.24. The minimum atomic E-state index is -0.885. The number of hydrogen-bond acceptors (Lipinski definition) is 2. The summed E-state index contributed by atoms with van der Waals surface area (Å²) >= 11 is 0. The Morgan fingerprint density at radius 1 is 1.54 bits per heavy atom. The first kappa shape index (κ1) is 12.2. The van der Waals surface area contributed by atoms with Gasteiger partial charge in [-0.25, -0.2) is 4.79 Å². The molecule has 0 radical (unpaired) electrons. The van der Waals surface area contributed by atoms with Crippen LogP contribution >= 0.6 is 0 Å². The summed E-state index contributed by atoms with van der Waals surface area (Å²) in [6, 6.07) is 0. The van der Waals surface area contributed by atoms with E-state index < -0.39 is 5.97 Å². The Morgan fingerprint density at radius 3 is 2.62 bits per heavy atom. The summed E-state index contributed by atoms with van der Waals surface area (Å²) in [5, 5.41) is 11.8. The SMILES string of the molecule is C=C(CCCNCC(C)C)C(=O)O. The monoisotopic (exact) mass is 185 g/mol. The maximum atomic E-state index is 10.4. The van der Waals surface area contributed by atoms with Gasteiger partial charge in [-0.15, -0.1) is 0 Å². The molecule has 0 saturated carbocycles.